The molecule has 24 heavy (non-hydrogen) atoms. The fraction of sp³-hybridized carbons (Fsp3) is 0.316. The molecule has 1 saturated carbocycles. The van der Waals surface area contributed by atoms with Crippen LogP contribution in [0.1, 0.15) is 24.8 Å². The minimum absolute atomic E-state index is 0.00712. The maximum atomic E-state index is 13.0. The number of hydrogen-bond acceptors (Lipinski definition) is 3. The molecule has 1 heterocycles. The van der Waals surface area contributed by atoms with Crippen LogP contribution in [0.15, 0.2) is 42.5 Å². The first-order valence-electron chi connectivity index (χ1n) is 8.15. The molecule has 1 N–H and O–H groups in total. The second kappa shape index (κ2) is 6.02. The van der Waals surface area contributed by atoms with Crippen LogP contribution in [0.4, 0.5) is 5.69 Å². The Hall–Kier alpha value is -2.20. The van der Waals surface area contributed by atoms with E-state index in [1.54, 1.807) is 0 Å². The number of rotatable bonds is 3. The van der Waals surface area contributed by atoms with E-state index in [4.69, 9.17) is 21.1 Å². The van der Waals surface area contributed by atoms with Crippen molar-refractivity contribution in [2.75, 3.05) is 18.5 Å². The first-order valence-corrected chi connectivity index (χ1v) is 8.52. The van der Waals surface area contributed by atoms with Gasteiger partial charge in [-0.3, -0.25) is 4.79 Å². The molecule has 2 aliphatic rings. The van der Waals surface area contributed by atoms with E-state index in [9.17, 15) is 4.79 Å². The van der Waals surface area contributed by atoms with Crippen LogP contribution in [-0.4, -0.2) is 19.1 Å². The second-order valence-electron chi connectivity index (χ2n) is 6.26. The molecule has 0 saturated heterocycles. The van der Waals surface area contributed by atoms with Crippen LogP contribution >= 0.6 is 11.6 Å². The van der Waals surface area contributed by atoms with Crippen molar-refractivity contribution in [3.63, 3.8) is 0 Å². The second-order valence-corrected chi connectivity index (χ2v) is 6.70. The molecule has 0 aromatic heterocycles. The molecule has 0 atom stereocenters. The zero-order valence-corrected chi connectivity index (χ0v) is 13.9. The van der Waals surface area contributed by atoms with Crippen LogP contribution in [0.25, 0.3) is 0 Å². The third-order valence-electron chi connectivity index (χ3n) is 4.82. The van der Waals surface area contributed by atoms with E-state index in [1.807, 2.05) is 42.5 Å². The molecule has 4 rings (SSSR count). The summed E-state index contributed by atoms with van der Waals surface area (Å²) in [5.74, 6) is 1.39. The Morgan fingerprint density at radius 3 is 2.54 bits per heavy atom. The van der Waals surface area contributed by atoms with E-state index >= 15 is 0 Å². The summed E-state index contributed by atoms with van der Waals surface area (Å²) < 4.78 is 11.1. The van der Waals surface area contributed by atoms with Crippen molar-refractivity contribution < 1.29 is 14.3 Å². The normalized spacial score (nSPS) is 17.7. The lowest BCUT2D eigenvalue weighted by atomic mass is 9.64. The molecule has 4 nitrogen and oxygen atoms in total. The van der Waals surface area contributed by atoms with Gasteiger partial charge in [0.2, 0.25) is 5.91 Å². The van der Waals surface area contributed by atoms with Gasteiger partial charge >= 0.3 is 0 Å². The number of halogens is 1. The summed E-state index contributed by atoms with van der Waals surface area (Å²) in [5.41, 5.74) is 1.21. The summed E-state index contributed by atoms with van der Waals surface area (Å²) in [5, 5.41) is 3.69. The molecule has 1 aliphatic carbocycles. The predicted octanol–water partition coefficient (Wildman–Crippen LogP) is 4.17. The van der Waals surface area contributed by atoms with E-state index in [2.05, 4.69) is 5.32 Å². The molecule has 5 heteroatoms. The number of fused-ring (bicyclic) bond motifs is 1. The number of ether oxygens (including phenoxy) is 2. The van der Waals surface area contributed by atoms with Crippen LogP contribution in [-0.2, 0) is 10.2 Å². The number of carbonyl (C=O) groups excluding carboxylic acids is 1. The quantitative estimate of drug-likeness (QED) is 0.909. The summed E-state index contributed by atoms with van der Waals surface area (Å²) in [7, 11) is 0. The van der Waals surface area contributed by atoms with E-state index in [0.717, 1.165) is 30.5 Å². The Morgan fingerprint density at radius 2 is 1.83 bits per heavy atom. The standard InChI is InChI=1S/C19H18ClNO3/c20-14-4-1-3-13(11-14)19(7-2-8-19)18(22)21-15-5-6-16-17(12-15)24-10-9-23-16/h1,3-6,11-12H,2,7-10H2,(H,21,22). The van der Waals surface area contributed by atoms with Gasteiger partial charge in [-0.05, 0) is 42.7 Å². The van der Waals surface area contributed by atoms with Crippen LogP contribution in [0.2, 0.25) is 5.02 Å². The average molecular weight is 344 g/mol. The lowest BCUT2D eigenvalue weighted by molar-refractivity contribution is -0.124. The number of carbonyl (C=O) groups is 1. The molecule has 1 amide bonds. The first kappa shape index (κ1) is 15.3. The van der Waals surface area contributed by atoms with Crippen molar-refractivity contribution in [1.29, 1.82) is 0 Å². The Labute approximate surface area is 145 Å². The molecule has 1 aliphatic heterocycles. The summed E-state index contributed by atoms with van der Waals surface area (Å²) in [4.78, 5) is 13.0. The van der Waals surface area contributed by atoms with Crippen LogP contribution in [0.5, 0.6) is 11.5 Å². The third-order valence-corrected chi connectivity index (χ3v) is 5.05. The highest BCUT2D eigenvalue weighted by Gasteiger charge is 2.45. The molecule has 124 valence electrons. The van der Waals surface area contributed by atoms with E-state index in [-0.39, 0.29) is 5.91 Å². The van der Waals surface area contributed by atoms with Crippen molar-refractivity contribution in [1.82, 2.24) is 0 Å². The average Bonchev–Trinajstić information content (AvgIpc) is 2.54. The summed E-state index contributed by atoms with van der Waals surface area (Å²) in [6, 6.07) is 13.1. The van der Waals surface area contributed by atoms with Gasteiger partial charge in [-0.1, -0.05) is 30.2 Å². The molecular weight excluding hydrogens is 326 g/mol. The van der Waals surface area contributed by atoms with Gasteiger partial charge in [-0.2, -0.15) is 0 Å². The third kappa shape index (κ3) is 2.61. The fourth-order valence-electron chi connectivity index (χ4n) is 3.34. The van der Waals surface area contributed by atoms with E-state index in [0.29, 0.717) is 29.7 Å². The molecular formula is C19H18ClNO3. The lowest BCUT2D eigenvalue weighted by Gasteiger charge is -2.40. The molecule has 0 bridgehead atoms. The van der Waals surface area contributed by atoms with Crippen molar-refractivity contribution in [3.8, 4) is 11.5 Å². The van der Waals surface area contributed by atoms with Crippen molar-refractivity contribution in [3.05, 3.63) is 53.1 Å². The first-order chi connectivity index (χ1) is 11.7. The van der Waals surface area contributed by atoms with Crippen molar-refractivity contribution in [2.24, 2.45) is 0 Å². The SMILES string of the molecule is O=C(Nc1ccc2c(c1)OCCO2)C1(c2cccc(Cl)c2)CCC1. The van der Waals surface area contributed by atoms with Gasteiger partial charge in [0, 0.05) is 16.8 Å². The minimum atomic E-state index is -0.488. The van der Waals surface area contributed by atoms with Crippen LogP contribution in [0, 0.1) is 0 Å². The number of anilines is 1. The number of amides is 1. The Bertz CT molecular complexity index is 786. The molecule has 0 unspecified atom stereocenters. The van der Waals surface area contributed by atoms with Gasteiger partial charge < -0.3 is 14.8 Å². The van der Waals surface area contributed by atoms with Gasteiger partial charge in [0.1, 0.15) is 13.2 Å². The van der Waals surface area contributed by atoms with Gasteiger partial charge in [-0.15, -0.1) is 0 Å². The fourth-order valence-corrected chi connectivity index (χ4v) is 3.53. The minimum Gasteiger partial charge on any atom is -0.486 e. The zero-order valence-electron chi connectivity index (χ0n) is 13.2. The Morgan fingerprint density at radius 1 is 1.04 bits per heavy atom. The topological polar surface area (TPSA) is 47.6 Å². The molecule has 1 fully saturated rings. The van der Waals surface area contributed by atoms with Gasteiger partial charge in [0.25, 0.3) is 0 Å². The molecule has 2 aromatic rings. The Kier molecular flexibility index (Phi) is 3.85. The van der Waals surface area contributed by atoms with Crippen LogP contribution in [0.3, 0.4) is 0 Å². The highest BCUT2D eigenvalue weighted by molar-refractivity contribution is 6.30. The van der Waals surface area contributed by atoms with Gasteiger partial charge in [0.05, 0.1) is 5.41 Å². The maximum Gasteiger partial charge on any atom is 0.235 e. The van der Waals surface area contributed by atoms with Crippen molar-refractivity contribution >= 4 is 23.2 Å². The molecule has 0 radical (unpaired) electrons. The summed E-state index contributed by atoms with van der Waals surface area (Å²) in [6.45, 7) is 1.08. The van der Waals surface area contributed by atoms with Gasteiger partial charge in [0.15, 0.2) is 11.5 Å². The number of hydrogen-bond donors (Lipinski definition) is 1. The maximum absolute atomic E-state index is 13.0. The largest absolute Gasteiger partial charge is 0.486 e. The lowest BCUT2D eigenvalue weighted by Crippen LogP contribution is -2.46. The highest BCUT2D eigenvalue weighted by Crippen LogP contribution is 2.45. The number of nitrogens with one attached hydrogen (secondary N) is 1. The summed E-state index contributed by atoms with van der Waals surface area (Å²) in [6.07, 6.45) is 2.72. The predicted molar refractivity (Wildman–Crippen MR) is 93.0 cm³/mol. The zero-order chi connectivity index (χ0) is 16.6. The van der Waals surface area contributed by atoms with Gasteiger partial charge in [-0.25, -0.2) is 0 Å². The summed E-state index contributed by atoms with van der Waals surface area (Å²) >= 11 is 6.11. The van der Waals surface area contributed by atoms with E-state index in [1.165, 1.54) is 0 Å². The smallest absolute Gasteiger partial charge is 0.235 e. The monoisotopic (exact) mass is 343 g/mol. The Balaban J connectivity index is 1.59. The van der Waals surface area contributed by atoms with E-state index < -0.39 is 5.41 Å². The van der Waals surface area contributed by atoms with Crippen LogP contribution < -0.4 is 14.8 Å². The van der Waals surface area contributed by atoms with Crippen molar-refractivity contribution in [2.45, 2.75) is 24.7 Å². The number of benzene rings is 2. The molecule has 0 spiro atoms. The highest BCUT2D eigenvalue weighted by atomic mass is 35.5. The molecule has 2 aromatic carbocycles.